The maximum Gasteiger partial charge on any atom is 0.408 e. The zero-order valence-electron chi connectivity index (χ0n) is 18.4. The molecule has 0 saturated carbocycles. The summed E-state index contributed by atoms with van der Waals surface area (Å²) in [6.45, 7) is 13.8. The third kappa shape index (κ3) is 13.6. The van der Waals surface area contributed by atoms with E-state index < -0.39 is 41.3 Å². The summed E-state index contributed by atoms with van der Waals surface area (Å²) in [6.07, 6.45) is 1.02. The first-order valence-electron chi connectivity index (χ1n) is 9.61. The van der Waals surface area contributed by atoms with E-state index in [2.05, 4.69) is 17.2 Å². The lowest BCUT2D eigenvalue weighted by Crippen LogP contribution is -2.54. The number of aliphatic hydroxyl groups is 1. The summed E-state index contributed by atoms with van der Waals surface area (Å²) < 4.78 is 15.8. The van der Waals surface area contributed by atoms with Crippen LogP contribution in [0.1, 0.15) is 54.4 Å². The van der Waals surface area contributed by atoms with Crippen molar-refractivity contribution in [1.82, 2.24) is 10.6 Å². The zero-order chi connectivity index (χ0) is 22.7. The Hall–Kier alpha value is -2.13. The van der Waals surface area contributed by atoms with E-state index in [-0.39, 0.29) is 32.7 Å². The number of carbonyl (C=O) groups excluding carboxylic acids is 3. The predicted octanol–water partition coefficient (Wildman–Crippen LogP) is 1.68. The minimum atomic E-state index is -1.07. The molecule has 2 amide bonds. The molecule has 29 heavy (non-hydrogen) atoms. The molecule has 0 heterocycles. The van der Waals surface area contributed by atoms with Crippen molar-refractivity contribution in [3.05, 3.63) is 12.7 Å². The highest BCUT2D eigenvalue weighted by atomic mass is 16.6. The number of ether oxygens (including phenoxy) is 3. The van der Waals surface area contributed by atoms with Gasteiger partial charge in [-0.2, -0.15) is 0 Å². The van der Waals surface area contributed by atoms with E-state index in [1.54, 1.807) is 20.8 Å². The average Bonchev–Trinajstić information content (AvgIpc) is 2.57. The number of hydrogen-bond donors (Lipinski definition) is 3. The number of esters is 1. The van der Waals surface area contributed by atoms with Crippen molar-refractivity contribution in [2.75, 3.05) is 19.8 Å². The molecule has 9 heteroatoms. The van der Waals surface area contributed by atoms with Crippen LogP contribution in [0.2, 0.25) is 0 Å². The molecule has 2 atom stereocenters. The van der Waals surface area contributed by atoms with Crippen LogP contribution in [-0.2, 0) is 23.8 Å². The maximum absolute atomic E-state index is 12.7. The Labute approximate surface area is 173 Å². The van der Waals surface area contributed by atoms with Gasteiger partial charge in [0.1, 0.15) is 18.2 Å². The SMILES string of the molecule is C=CCOC(=O)N[C@@H](CCCO)C(=O)N[C@@H](COC(C)(C)C)C(=O)OC(C)(C)C. The van der Waals surface area contributed by atoms with Crippen molar-refractivity contribution >= 4 is 18.0 Å². The minimum Gasteiger partial charge on any atom is -0.458 e. The van der Waals surface area contributed by atoms with Crippen molar-refractivity contribution in [3.8, 4) is 0 Å². The van der Waals surface area contributed by atoms with Crippen molar-refractivity contribution in [2.45, 2.75) is 77.7 Å². The largest absolute Gasteiger partial charge is 0.458 e. The van der Waals surface area contributed by atoms with Gasteiger partial charge in [-0.25, -0.2) is 9.59 Å². The van der Waals surface area contributed by atoms with Crippen molar-refractivity contribution in [3.63, 3.8) is 0 Å². The summed E-state index contributed by atoms with van der Waals surface area (Å²) in [7, 11) is 0. The normalized spacial score (nSPS) is 13.8. The molecule has 9 nitrogen and oxygen atoms in total. The molecule has 0 saturated heterocycles. The summed E-state index contributed by atoms with van der Waals surface area (Å²) in [5.74, 6) is -1.26. The van der Waals surface area contributed by atoms with Gasteiger partial charge in [0, 0.05) is 6.61 Å². The molecule has 0 aliphatic carbocycles. The second-order valence-corrected chi connectivity index (χ2v) is 8.47. The Bertz CT molecular complexity index is 550. The Kier molecular flexibility index (Phi) is 11.5. The Balaban J connectivity index is 5.26. The van der Waals surface area contributed by atoms with E-state index in [0.29, 0.717) is 0 Å². The molecule has 3 N–H and O–H groups in total. The minimum absolute atomic E-state index is 0.0138. The first kappa shape index (κ1) is 26.9. The second-order valence-electron chi connectivity index (χ2n) is 8.47. The highest BCUT2D eigenvalue weighted by Crippen LogP contribution is 2.12. The molecule has 0 bridgehead atoms. The van der Waals surface area contributed by atoms with Crippen LogP contribution in [0.15, 0.2) is 12.7 Å². The Morgan fingerprint density at radius 3 is 2.14 bits per heavy atom. The van der Waals surface area contributed by atoms with Crippen molar-refractivity contribution < 1.29 is 33.7 Å². The molecule has 168 valence electrons. The van der Waals surface area contributed by atoms with Gasteiger partial charge in [0.2, 0.25) is 5.91 Å². The van der Waals surface area contributed by atoms with Gasteiger partial charge in [-0.05, 0) is 54.4 Å². The molecule has 0 aliphatic rings. The van der Waals surface area contributed by atoms with E-state index in [1.165, 1.54) is 6.08 Å². The first-order chi connectivity index (χ1) is 13.3. The molecule has 0 radical (unpaired) electrons. The van der Waals surface area contributed by atoms with E-state index >= 15 is 0 Å². The van der Waals surface area contributed by atoms with Crippen LogP contribution in [0, 0.1) is 0 Å². The number of rotatable bonds is 11. The number of alkyl carbamates (subject to hydrolysis) is 1. The highest BCUT2D eigenvalue weighted by Gasteiger charge is 2.31. The van der Waals surface area contributed by atoms with Crippen LogP contribution in [0.25, 0.3) is 0 Å². The molecular formula is C20H36N2O7. The standard InChI is InChI=1S/C20H36N2O7/c1-8-12-27-18(26)22-14(10-9-11-23)16(24)21-15(13-28-19(2,3)4)17(25)29-20(5,6)7/h8,14-15,23H,1,9-13H2,2-7H3,(H,21,24)(H,22,26)/t14-,15-/m0/s1. The lowest BCUT2D eigenvalue weighted by Gasteiger charge is -2.28. The molecule has 0 rings (SSSR count). The van der Waals surface area contributed by atoms with Gasteiger partial charge in [-0.1, -0.05) is 12.7 Å². The number of amides is 2. The summed E-state index contributed by atoms with van der Waals surface area (Å²) in [4.78, 5) is 37.1. The third-order valence-corrected chi connectivity index (χ3v) is 3.28. The maximum atomic E-state index is 12.7. The van der Waals surface area contributed by atoms with Crippen LogP contribution in [-0.4, -0.2) is 66.2 Å². The molecule has 0 spiro atoms. The molecule has 0 aromatic rings. The lowest BCUT2D eigenvalue weighted by atomic mass is 10.1. The Morgan fingerprint density at radius 1 is 1.03 bits per heavy atom. The van der Waals surface area contributed by atoms with Crippen LogP contribution >= 0.6 is 0 Å². The van der Waals surface area contributed by atoms with Gasteiger partial charge >= 0.3 is 12.1 Å². The lowest BCUT2D eigenvalue weighted by molar-refractivity contribution is -0.162. The number of carbonyl (C=O) groups is 3. The number of nitrogens with one attached hydrogen (secondary N) is 2. The molecule has 0 fully saturated rings. The van der Waals surface area contributed by atoms with Gasteiger partial charge < -0.3 is 30.0 Å². The van der Waals surface area contributed by atoms with Crippen LogP contribution in [0.5, 0.6) is 0 Å². The monoisotopic (exact) mass is 416 g/mol. The van der Waals surface area contributed by atoms with Gasteiger partial charge in [-0.3, -0.25) is 4.79 Å². The van der Waals surface area contributed by atoms with Gasteiger partial charge in [0.15, 0.2) is 6.04 Å². The summed E-state index contributed by atoms with van der Waals surface area (Å²) in [6, 6.07) is -2.07. The van der Waals surface area contributed by atoms with Crippen LogP contribution in [0.4, 0.5) is 4.79 Å². The number of aliphatic hydroxyl groups excluding tert-OH is 1. The predicted molar refractivity (Wildman–Crippen MR) is 108 cm³/mol. The van der Waals surface area contributed by atoms with Crippen molar-refractivity contribution in [2.24, 2.45) is 0 Å². The zero-order valence-corrected chi connectivity index (χ0v) is 18.4. The fraction of sp³-hybridized carbons (Fsp3) is 0.750. The summed E-state index contributed by atoms with van der Waals surface area (Å²) in [5.41, 5.74) is -1.28. The van der Waals surface area contributed by atoms with E-state index in [0.717, 1.165) is 0 Å². The van der Waals surface area contributed by atoms with Gasteiger partial charge in [0.05, 0.1) is 12.2 Å². The average molecular weight is 417 g/mol. The summed E-state index contributed by atoms with van der Waals surface area (Å²) in [5, 5.41) is 14.1. The smallest absolute Gasteiger partial charge is 0.408 e. The van der Waals surface area contributed by atoms with Crippen LogP contribution in [0.3, 0.4) is 0 Å². The molecule has 0 aromatic carbocycles. The second kappa shape index (κ2) is 12.4. The fourth-order valence-corrected chi connectivity index (χ4v) is 2.03. The van der Waals surface area contributed by atoms with Gasteiger partial charge in [-0.15, -0.1) is 0 Å². The number of hydrogen-bond acceptors (Lipinski definition) is 7. The molecule has 0 aliphatic heterocycles. The Morgan fingerprint density at radius 2 is 1.66 bits per heavy atom. The summed E-state index contributed by atoms with van der Waals surface area (Å²) >= 11 is 0. The highest BCUT2D eigenvalue weighted by molar-refractivity contribution is 5.89. The molecule has 0 aromatic heterocycles. The molecular weight excluding hydrogens is 380 g/mol. The van der Waals surface area contributed by atoms with E-state index in [4.69, 9.17) is 19.3 Å². The fourth-order valence-electron chi connectivity index (χ4n) is 2.03. The van der Waals surface area contributed by atoms with Crippen LogP contribution < -0.4 is 10.6 Å². The third-order valence-electron chi connectivity index (χ3n) is 3.28. The molecule has 0 unspecified atom stereocenters. The van der Waals surface area contributed by atoms with Crippen molar-refractivity contribution in [1.29, 1.82) is 0 Å². The van der Waals surface area contributed by atoms with Gasteiger partial charge in [0.25, 0.3) is 0 Å². The first-order valence-corrected chi connectivity index (χ1v) is 9.61. The van der Waals surface area contributed by atoms with E-state index in [9.17, 15) is 14.4 Å². The quantitative estimate of drug-likeness (QED) is 0.346. The topological polar surface area (TPSA) is 123 Å². The van der Waals surface area contributed by atoms with E-state index in [1.807, 2.05) is 20.8 Å².